The molecule has 0 N–H and O–H groups in total. The Morgan fingerprint density at radius 2 is 1.94 bits per heavy atom. The van der Waals surface area contributed by atoms with Gasteiger partial charge in [-0.2, -0.15) is 0 Å². The standard InChI is InChI=1S/C14H22OSi2/c1-6-12(3)13-8-10-14(11-9-13)16-15-17(4,5)7-2/h7-12H,2,6H2,1,3-5H3. The lowest BCUT2D eigenvalue weighted by molar-refractivity contribution is 0.615. The number of hydrogen-bond acceptors (Lipinski definition) is 1. The van der Waals surface area contributed by atoms with Crippen LogP contribution in [0.15, 0.2) is 36.5 Å². The van der Waals surface area contributed by atoms with Crippen molar-refractivity contribution in [1.29, 1.82) is 0 Å². The molecule has 0 aliphatic carbocycles. The fourth-order valence-corrected chi connectivity index (χ4v) is 3.51. The van der Waals surface area contributed by atoms with Crippen molar-refractivity contribution in [2.75, 3.05) is 0 Å². The van der Waals surface area contributed by atoms with Gasteiger partial charge in [-0.3, -0.25) is 0 Å². The molecule has 17 heavy (non-hydrogen) atoms. The summed E-state index contributed by atoms with van der Waals surface area (Å²) in [6, 6.07) is 8.83. The van der Waals surface area contributed by atoms with Crippen molar-refractivity contribution in [3.63, 3.8) is 0 Å². The van der Waals surface area contributed by atoms with Gasteiger partial charge in [-0.05, 0) is 36.2 Å². The van der Waals surface area contributed by atoms with E-state index in [1.54, 1.807) is 0 Å². The summed E-state index contributed by atoms with van der Waals surface area (Å²) in [4.78, 5) is 0. The van der Waals surface area contributed by atoms with Gasteiger partial charge in [0.1, 0.15) is 0 Å². The average Bonchev–Trinajstić information content (AvgIpc) is 2.36. The van der Waals surface area contributed by atoms with Crippen molar-refractivity contribution in [1.82, 2.24) is 0 Å². The Labute approximate surface area is 109 Å². The highest BCUT2D eigenvalue weighted by Crippen LogP contribution is 2.16. The molecule has 0 spiro atoms. The van der Waals surface area contributed by atoms with Crippen molar-refractivity contribution in [3.05, 3.63) is 42.1 Å². The average molecular weight is 263 g/mol. The summed E-state index contributed by atoms with van der Waals surface area (Å²) >= 11 is 0. The summed E-state index contributed by atoms with van der Waals surface area (Å²) in [7, 11) is -1.18. The number of hydrogen-bond donors (Lipinski definition) is 0. The van der Waals surface area contributed by atoms with E-state index in [1.807, 2.05) is 5.70 Å². The molecule has 2 radical (unpaired) electrons. The van der Waals surface area contributed by atoms with E-state index in [2.05, 4.69) is 57.8 Å². The predicted octanol–water partition coefficient (Wildman–Crippen LogP) is 3.39. The summed E-state index contributed by atoms with van der Waals surface area (Å²) in [6.45, 7) is 12.7. The van der Waals surface area contributed by atoms with Crippen LogP contribution in [0, 0.1) is 0 Å². The molecular formula is C14H22OSi2. The summed E-state index contributed by atoms with van der Waals surface area (Å²) in [5.74, 6) is 0.646. The van der Waals surface area contributed by atoms with Crippen LogP contribution >= 0.6 is 0 Å². The van der Waals surface area contributed by atoms with Gasteiger partial charge in [-0.25, -0.2) is 0 Å². The van der Waals surface area contributed by atoms with Gasteiger partial charge in [-0.15, -0.1) is 6.58 Å². The molecular weight excluding hydrogens is 240 g/mol. The minimum Gasteiger partial charge on any atom is -0.450 e. The molecule has 1 atom stereocenters. The lowest BCUT2D eigenvalue weighted by Gasteiger charge is -2.18. The van der Waals surface area contributed by atoms with Crippen LogP contribution in [0.3, 0.4) is 0 Å². The normalized spacial score (nSPS) is 13.4. The monoisotopic (exact) mass is 262 g/mol. The molecule has 0 bridgehead atoms. The maximum absolute atomic E-state index is 5.94. The van der Waals surface area contributed by atoms with E-state index in [-0.39, 0.29) is 0 Å². The molecule has 0 saturated heterocycles. The van der Waals surface area contributed by atoms with Gasteiger partial charge in [-0.1, -0.05) is 43.8 Å². The molecule has 3 heteroatoms. The second-order valence-electron chi connectivity index (χ2n) is 4.94. The van der Waals surface area contributed by atoms with Crippen molar-refractivity contribution >= 4 is 23.3 Å². The Hall–Kier alpha value is -0.646. The van der Waals surface area contributed by atoms with Crippen LogP contribution in [-0.2, 0) is 4.12 Å². The third-order valence-corrected chi connectivity index (χ3v) is 7.08. The van der Waals surface area contributed by atoms with Gasteiger partial charge in [0, 0.05) is 0 Å². The Bertz CT molecular complexity index is 357. The highest BCUT2D eigenvalue weighted by atomic mass is 28.4. The Morgan fingerprint density at radius 1 is 1.35 bits per heavy atom. The second-order valence-corrected chi connectivity index (χ2v) is 10.2. The van der Waals surface area contributed by atoms with Crippen LogP contribution in [0.2, 0.25) is 13.1 Å². The van der Waals surface area contributed by atoms with Crippen molar-refractivity contribution < 1.29 is 4.12 Å². The summed E-state index contributed by atoms with van der Waals surface area (Å²) in [6.07, 6.45) is 1.19. The van der Waals surface area contributed by atoms with E-state index in [0.717, 1.165) is 0 Å². The minimum atomic E-state index is -1.63. The fourth-order valence-electron chi connectivity index (χ4n) is 1.35. The number of rotatable bonds is 6. The third kappa shape index (κ3) is 4.62. The van der Waals surface area contributed by atoms with E-state index >= 15 is 0 Å². The highest BCUT2D eigenvalue weighted by molar-refractivity contribution is 6.81. The van der Waals surface area contributed by atoms with Gasteiger partial charge in [0.2, 0.25) is 0 Å². The van der Waals surface area contributed by atoms with Gasteiger partial charge in [0.15, 0.2) is 8.32 Å². The SMILES string of the molecule is C=C[Si](C)(C)O[Si]c1ccc(C(C)CC)cc1. The first-order chi connectivity index (χ1) is 7.98. The number of benzene rings is 1. The molecule has 0 heterocycles. The van der Waals surface area contributed by atoms with Crippen LogP contribution in [0.5, 0.6) is 0 Å². The van der Waals surface area contributed by atoms with Crippen LogP contribution in [0.4, 0.5) is 0 Å². The zero-order chi connectivity index (χ0) is 12.9. The molecule has 92 valence electrons. The van der Waals surface area contributed by atoms with E-state index < -0.39 is 8.32 Å². The second kappa shape index (κ2) is 6.33. The van der Waals surface area contributed by atoms with E-state index in [9.17, 15) is 0 Å². The maximum Gasteiger partial charge on any atom is 0.257 e. The molecule has 1 aromatic carbocycles. The van der Waals surface area contributed by atoms with Crippen molar-refractivity contribution in [3.8, 4) is 0 Å². The first kappa shape index (κ1) is 14.4. The largest absolute Gasteiger partial charge is 0.450 e. The molecule has 0 aromatic heterocycles. The minimum absolute atomic E-state index is 0.444. The quantitative estimate of drug-likeness (QED) is 0.714. The molecule has 0 aliphatic heterocycles. The summed E-state index contributed by atoms with van der Waals surface area (Å²) < 4.78 is 5.94. The van der Waals surface area contributed by atoms with Gasteiger partial charge in [0.25, 0.3) is 9.76 Å². The summed E-state index contributed by atoms with van der Waals surface area (Å²) in [5.41, 5.74) is 3.40. The molecule has 0 saturated carbocycles. The van der Waals surface area contributed by atoms with Crippen LogP contribution in [-0.4, -0.2) is 18.1 Å². The van der Waals surface area contributed by atoms with Gasteiger partial charge in [0.05, 0.1) is 0 Å². The Balaban J connectivity index is 2.60. The lowest BCUT2D eigenvalue weighted by Crippen LogP contribution is -2.34. The molecule has 0 aliphatic rings. The fraction of sp³-hybridized carbons (Fsp3) is 0.429. The van der Waals surface area contributed by atoms with E-state index in [0.29, 0.717) is 15.7 Å². The molecule has 0 fully saturated rings. The maximum atomic E-state index is 5.94. The topological polar surface area (TPSA) is 9.23 Å². The lowest BCUT2D eigenvalue weighted by atomic mass is 9.99. The Kier molecular flexibility index (Phi) is 5.37. The molecule has 1 aromatic rings. The zero-order valence-corrected chi connectivity index (χ0v) is 13.3. The third-order valence-electron chi connectivity index (χ3n) is 3.02. The first-order valence-corrected chi connectivity index (χ1v) is 10.1. The Morgan fingerprint density at radius 3 is 2.41 bits per heavy atom. The van der Waals surface area contributed by atoms with Crippen LogP contribution < -0.4 is 5.19 Å². The smallest absolute Gasteiger partial charge is 0.257 e. The molecule has 1 unspecified atom stereocenters. The summed E-state index contributed by atoms with van der Waals surface area (Å²) in [5, 5.41) is 1.28. The molecule has 0 amide bonds. The molecule has 1 rings (SSSR count). The van der Waals surface area contributed by atoms with E-state index in [1.165, 1.54) is 17.2 Å². The van der Waals surface area contributed by atoms with Crippen molar-refractivity contribution in [2.45, 2.75) is 39.3 Å². The highest BCUT2D eigenvalue weighted by Gasteiger charge is 2.17. The van der Waals surface area contributed by atoms with Crippen LogP contribution in [0.1, 0.15) is 31.7 Å². The van der Waals surface area contributed by atoms with Gasteiger partial charge < -0.3 is 4.12 Å². The van der Waals surface area contributed by atoms with Gasteiger partial charge >= 0.3 is 0 Å². The van der Waals surface area contributed by atoms with Crippen LogP contribution in [0.25, 0.3) is 0 Å². The van der Waals surface area contributed by atoms with E-state index in [4.69, 9.17) is 4.12 Å². The molecule has 1 nitrogen and oxygen atoms in total. The first-order valence-electron chi connectivity index (χ1n) is 6.16. The zero-order valence-electron chi connectivity index (χ0n) is 11.3. The predicted molar refractivity (Wildman–Crippen MR) is 79.3 cm³/mol. The van der Waals surface area contributed by atoms with Crippen molar-refractivity contribution in [2.24, 2.45) is 0 Å².